The van der Waals surface area contributed by atoms with Crippen molar-refractivity contribution in [2.75, 3.05) is 4.90 Å². The number of anilines is 3. The quantitative estimate of drug-likeness (QED) is 0.173. The van der Waals surface area contributed by atoms with Gasteiger partial charge in [0.1, 0.15) is 0 Å². The summed E-state index contributed by atoms with van der Waals surface area (Å²) in [5, 5.41) is 2.50. The predicted molar refractivity (Wildman–Crippen MR) is 210 cm³/mol. The Morgan fingerprint density at radius 2 is 0.860 bits per heavy atom. The molecular weight excluding hydrogens is 607 g/mol. The van der Waals surface area contributed by atoms with Crippen molar-refractivity contribution < 1.29 is 0 Å². The van der Waals surface area contributed by atoms with Crippen molar-refractivity contribution in [1.82, 2.24) is 9.55 Å². The van der Waals surface area contributed by atoms with E-state index in [-0.39, 0.29) is 0 Å². The molecule has 9 rings (SSSR count). The van der Waals surface area contributed by atoms with E-state index in [1.165, 1.54) is 49.7 Å². The number of para-hydroxylation sites is 2. The minimum Gasteiger partial charge on any atom is -0.311 e. The zero-order chi connectivity index (χ0) is 33.3. The molecule has 0 N–H and O–H groups in total. The summed E-state index contributed by atoms with van der Waals surface area (Å²) in [6, 6.07) is 69.1. The minimum absolute atomic E-state index is 0.964. The normalized spacial score (nSPS) is 11.2. The Kier molecular flexibility index (Phi) is 7.49. The van der Waals surface area contributed by atoms with Crippen LogP contribution in [0.25, 0.3) is 61.0 Å². The maximum absolute atomic E-state index is 4.55. The highest BCUT2D eigenvalue weighted by Gasteiger charge is 2.16. The molecule has 9 aromatic rings. The molecule has 0 unspecified atom stereocenters. The van der Waals surface area contributed by atoms with Crippen LogP contribution in [0.4, 0.5) is 17.1 Å². The number of aromatic nitrogens is 2. The van der Waals surface area contributed by atoms with Crippen LogP contribution in [0.1, 0.15) is 0 Å². The van der Waals surface area contributed by atoms with Crippen LogP contribution in [-0.2, 0) is 0 Å². The number of hydrogen-bond donors (Lipinski definition) is 0. The molecule has 3 nitrogen and oxygen atoms in total. The molecule has 0 saturated carbocycles. The monoisotopic (exact) mass is 639 g/mol. The molecule has 0 atom stereocenters. The van der Waals surface area contributed by atoms with Gasteiger partial charge in [0.15, 0.2) is 0 Å². The van der Waals surface area contributed by atoms with Crippen LogP contribution >= 0.6 is 0 Å². The highest BCUT2D eigenvalue weighted by Crippen LogP contribution is 2.39. The van der Waals surface area contributed by atoms with Crippen molar-refractivity contribution in [1.29, 1.82) is 0 Å². The van der Waals surface area contributed by atoms with Gasteiger partial charge in [-0.2, -0.15) is 0 Å². The highest BCUT2D eigenvalue weighted by molar-refractivity contribution is 6.10. The molecule has 2 aromatic heterocycles. The average Bonchev–Trinajstić information content (AvgIpc) is 3.53. The van der Waals surface area contributed by atoms with Gasteiger partial charge in [-0.1, -0.05) is 115 Å². The van der Waals surface area contributed by atoms with Gasteiger partial charge < -0.3 is 9.47 Å². The van der Waals surface area contributed by atoms with Gasteiger partial charge in [-0.25, -0.2) is 0 Å². The molecule has 50 heavy (non-hydrogen) atoms. The Balaban J connectivity index is 1.10. The minimum atomic E-state index is 0.964. The molecule has 7 aromatic carbocycles. The van der Waals surface area contributed by atoms with Crippen LogP contribution in [-0.4, -0.2) is 9.55 Å². The smallest absolute Gasteiger partial charge is 0.0701 e. The summed E-state index contributed by atoms with van der Waals surface area (Å²) in [7, 11) is 0. The average molecular weight is 640 g/mol. The van der Waals surface area contributed by atoms with E-state index in [1.54, 1.807) is 0 Å². The Bertz CT molecular complexity index is 2450. The fourth-order valence-electron chi connectivity index (χ4n) is 7.01. The van der Waals surface area contributed by atoms with Crippen LogP contribution in [0.5, 0.6) is 0 Å². The highest BCUT2D eigenvalue weighted by atomic mass is 15.1. The molecule has 0 aliphatic rings. The second-order valence-electron chi connectivity index (χ2n) is 12.5. The summed E-state index contributed by atoms with van der Waals surface area (Å²) in [5.74, 6) is 0. The first-order valence-electron chi connectivity index (χ1n) is 17.0. The molecule has 236 valence electrons. The molecule has 2 heterocycles. The van der Waals surface area contributed by atoms with Crippen molar-refractivity contribution in [3.8, 4) is 39.2 Å². The lowest BCUT2D eigenvalue weighted by Crippen LogP contribution is -2.09. The van der Waals surface area contributed by atoms with Gasteiger partial charge in [-0.15, -0.1) is 0 Å². The first kappa shape index (κ1) is 29.4. The van der Waals surface area contributed by atoms with E-state index in [4.69, 9.17) is 0 Å². The van der Waals surface area contributed by atoms with Gasteiger partial charge in [-0.05, 0) is 101 Å². The summed E-state index contributed by atoms with van der Waals surface area (Å²) in [4.78, 5) is 6.87. The van der Waals surface area contributed by atoms with Gasteiger partial charge in [0.25, 0.3) is 0 Å². The number of hydrogen-bond acceptors (Lipinski definition) is 2. The van der Waals surface area contributed by atoms with Crippen LogP contribution in [0, 0.1) is 0 Å². The lowest BCUT2D eigenvalue weighted by atomic mass is 10.0. The van der Waals surface area contributed by atoms with Crippen molar-refractivity contribution >= 4 is 38.9 Å². The van der Waals surface area contributed by atoms with Crippen LogP contribution in [0.3, 0.4) is 0 Å². The molecule has 0 aliphatic carbocycles. The lowest BCUT2D eigenvalue weighted by Gasteiger charge is -2.26. The van der Waals surface area contributed by atoms with Crippen LogP contribution in [0.15, 0.2) is 200 Å². The summed E-state index contributed by atoms with van der Waals surface area (Å²) in [5.41, 5.74) is 13.7. The van der Waals surface area contributed by atoms with E-state index in [0.717, 1.165) is 28.3 Å². The summed E-state index contributed by atoms with van der Waals surface area (Å²) >= 11 is 0. The van der Waals surface area contributed by atoms with Crippen LogP contribution in [0.2, 0.25) is 0 Å². The molecule has 3 heteroatoms. The number of fused-ring (bicyclic) bond motifs is 3. The first-order valence-corrected chi connectivity index (χ1v) is 17.0. The number of benzene rings is 7. The summed E-state index contributed by atoms with van der Waals surface area (Å²) < 4.78 is 2.36. The predicted octanol–water partition coefficient (Wildman–Crippen LogP) is 12.6. The largest absolute Gasteiger partial charge is 0.311 e. The van der Waals surface area contributed by atoms with E-state index in [0.29, 0.717) is 0 Å². The van der Waals surface area contributed by atoms with Crippen LogP contribution < -0.4 is 4.90 Å². The first-order chi connectivity index (χ1) is 24.8. The number of rotatable bonds is 7. The maximum atomic E-state index is 4.55. The summed E-state index contributed by atoms with van der Waals surface area (Å²) in [6.45, 7) is 0. The number of pyridine rings is 1. The fraction of sp³-hybridized carbons (Fsp3) is 0. The molecular formula is C47H33N3. The molecule has 0 fully saturated rings. The molecule has 0 saturated heterocycles. The standard InChI is InChI=1S/C47H33N3/c1-3-11-34(12-4-1)35-18-25-40(26-19-35)49(42-29-22-37(23-30-42)45-16-9-10-32-48-45)41-27-20-36(21-28-41)38-24-31-47-44(33-38)43-15-7-8-17-46(43)50(47)39-13-5-2-6-14-39/h1-33H. The van der Waals surface area contributed by atoms with Crippen molar-refractivity contribution in [2.45, 2.75) is 0 Å². The van der Waals surface area contributed by atoms with Crippen molar-refractivity contribution in [3.63, 3.8) is 0 Å². The number of nitrogens with zero attached hydrogens (tertiary/aromatic N) is 3. The van der Waals surface area contributed by atoms with E-state index in [2.05, 4.69) is 190 Å². The third-order valence-electron chi connectivity index (χ3n) is 9.46. The third-order valence-corrected chi connectivity index (χ3v) is 9.46. The summed E-state index contributed by atoms with van der Waals surface area (Å²) in [6.07, 6.45) is 1.84. The Labute approximate surface area is 292 Å². The van der Waals surface area contributed by atoms with Gasteiger partial charge in [0.2, 0.25) is 0 Å². The van der Waals surface area contributed by atoms with E-state index in [1.807, 2.05) is 24.4 Å². The van der Waals surface area contributed by atoms with Crippen molar-refractivity contribution in [3.05, 3.63) is 200 Å². The Morgan fingerprint density at radius 1 is 0.360 bits per heavy atom. The van der Waals surface area contributed by atoms with E-state index < -0.39 is 0 Å². The SMILES string of the molecule is c1ccc(-c2ccc(N(c3ccc(-c4ccc5c(c4)c4ccccc4n5-c4ccccc4)cc3)c3ccc(-c4ccccn4)cc3)cc2)cc1. The zero-order valence-corrected chi connectivity index (χ0v) is 27.4. The van der Waals surface area contributed by atoms with E-state index >= 15 is 0 Å². The van der Waals surface area contributed by atoms with Crippen molar-refractivity contribution in [2.24, 2.45) is 0 Å². The molecule has 0 amide bonds. The third kappa shape index (κ3) is 5.41. The molecule has 0 spiro atoms. The maximum Gasteiger partial charge on any atom is 0.0701 e. The fourth-order valence-corrected chi connectivity index (χ4v) is 7.01. The molecule has 0 aliphatic heterocycles. The van der Waals surface area contributed by atoms with Gasteiger partial charge in [0.05, 0.1) is 16.7 Å². The van der Waals surface area contributed by atoms with Gasteiger partial charge in [-0.3, -0.25) is 4.98 Å². The van der Waals surface area contributed by atoms with Gasteiger partial charge in [0, 0.05) is 45.3 Å². The second kappa shape index (κ2) is 12.7. The van der Waals surface area contributed by atoms with Gasteiger partial charge >= 0.3 is 0 Å². The topological polar surface area (TPSA) is 21.1 Å². The zero-order valence-electron chi connectivity index (χ0n) is 27.4. The Morgan fingerprint density at radius 3 is 1.50 bits per heavy atom. The second-order valence-corrected chi connectivity index (χ2v) is 12.5. The molecule has 0 radical (unpaired) electrons. The molecule has 0 bridgehead atoms. The Hall–Kier alpha value is -6.71. The lowest BCUT2D eigenvalue weighted by molar-refractivity contribution is 1.18. The van der Waals surface area contributed by atoms with E-state index in [9.17, 15) is 0 Å².